The van der Waals surface area contributed by atoms with Gasteiger partial charge in [-0.1, -0.05) is 32.0 Å². The first-order valence-electron chi connectivity index (χ1n) is 10.9. The molecule has 9 heteroatoms. The zero-order valence-corrected chi connectivity index (χ0v) is 19.4. The lowest BCUT2D eigenvalue weighted by Crippen LogP contribution is -2.29. The molecule has 4 rings (SSSR count). The number of rotatable bonds is 7. The average Bonchev–Trinajstić information content (AvgIpc) is 3.51. The standard InChI is InChI=1S/C24H26F4N2O2S/c1-14(2)12-30-13-20(15(3)29-33(31,32)16-8-9-16)19-10-22(25)18(11-23(19)30)17-6-4-5-7-21(17)24(26,27)28/h4-7,10-11,13-16,29H,8-9,12H2,1-3H3/t15-/m1/s1. The number of sulfonamides is 1. The Morgan fingerprint density at radius 3 is 2.36 bits per heavy atom. The predicted octanol–water partition coefficient (Wildman–Crippen LogP) is 6.27. The average molecular weight is 483 g/mol. The Labute approximate surface area is 190 Å². The quantitative estimate of drug-likeness (QED) is 0.404. The zero-order chi connectivity index (χ0) is 24.1. The van der Waals surface area contributed by atoms with Gasteiger partial charge in [-0.2, -0.15) is 13.2 Å². The molecule has 0 unspecified atom stereocenters. The van der Waals surface area contributed by atoms with E-state index < -0.39 is 38.9 Å². The summed E-state index contributed by atoms with van der Waals surface area (Å²) in [5.74, 6) is -0.581. The molecule has 178 valence electrons. The predicted molar refractivity (Wildman–Crippen MR) is 121 cm³/mol. The van der Waals surface area contributed by atoms with E-state index in [1.165, 1.54) is 30.3 Å². The van der Waals surface area contributed by atoms with Crippen molar-refractivity contribution < 1.29 is 26.0 Å². The van der Waals surface area contributed by atoms with Crippen LogP contribution in [0.2, 0.25) is 0 Å². The highest BCUT2D eigenvalue weighted by molar-refractivity contribution is 7.90. The van der Waals surface area contributed by atoms with Gasteiger partial charge in [0.15, 0.2) is 0 Å². The number of nitrogens with one attached hydrogen (secondary N) is 1. The third-order valence-corrected chi connectivity index (χ3v) is 7.89. The summed E-state index contributed by atoms with van der Waals surface area (Å²) < 4.78 is 85.4. The molecule has 1 saturated carbocycles. The van der Waals surface area contributed by atoms with Crippen LogP contribution in [0, 0.1) is 11.7 Å². The van der Waals surface area contributed by atoms with E-state index in [4.69, 9.17) is 0 Å². The van der Waals surface area contributed by atoms with Crippen LogP contribution in [-0.2, 0) is 22.7 Å². The summed E-state index contributed by atoms with van der Waals surface area (Å²) in [4.78, 5) is 0. The maximum absolute atomic E-state index is 15.2. The van der Waals surface area contributed by atoms with Crippen molar-refractivity contribution in [3.05, 3.63) is 59.5 Å². The Kier molecular flexibility index (Phi) is 6.07. The van der Waals surface area contributed by atoms with Crippen LogP contribution in [0.5, 0.6) is 0 Å². The lowest BCUT2D eigenvalue weighted by atomic mass is 9.96. The third kappa shape index (κ3) is 4.80. The Balaban J connectivity index is 1.87. The van der Waals surface area contributed by atoms with Gasteiger partial charge in [0.25, 0.3) is 0 Å². The molecule has 4 nitrogen and oxygen atoms in total. The number of hydrogen-bond donors (Lipinski definition) is 1. The van der Waals surface area contributed by atoms with Crippen molar-refractivity contribution in [2.24, 2.45) is 5.92 Å². The molecule has 1 aromatic heterocycles. The fraction of sp³-hybridized carbons (Fsp3) is 0.417. The molecule has 2 aromatic carbocycles. The third-order valence-electron chi connectivity index (χ3n) is 5.86. The molecule has 0 bridgehead atoms. The summed E-state index contributed by atoms with van der Waals surface area (Å²) in [5, 5.41) is 0.0820. The number of halogens is 4. The maximum Gasteiger partial charge on any atom is 0.417 e. The van der Waals surface area contributed by atoms with Gasteiger partial charge < -0.3 is 4.57 Å². The van der Waals surface area contributed by atoms with Crippen LogP contribution in [0.3, 0.4) is 0 Å². The van der Waals surface area contributed by atoms with E-state index in [0.717, 1.165) is 6.07 Å². The van der Waals surface area contributed by atoms with Gasteiger partial charge in [-0.05, 0) is 55.0 Å². The molecular formula is C24H26F4N2O2S. The summed E-state index contributed by atoms with van der Waals surface area (Å²) >= 11 is 0. The van der Waals surface area contributed by atoms with Crippen molar-refractivity contribution in [3.63, 3.8) is 0 Å². The molecule has 1 atom stereocenters. The fourth-order valence-electron chi connectivity index (χ4n) is 4.18. The molecule has 1 N–H and O–H groups in total. The molecule has 3 aromatic rings. The summed E-state index contributed by atoms with van der Waals surface area (Å²) in [6.07, 6.45) is -1.62. The maximum atomic E-state index is 15.2. The van der Waals surface area contributed by atoms with Crippen LogP contribution in [0.15, 0.2) is 42.6 Å². The molecule has 1 fully saturated rings. The summed E-state index contributed by atoms with van der Waals surface area (Å²) in [6.45, 7) is 6.23. The van der Waals surface area contributed by atoms with Gasteiger partial charge in [0.2, 0.25) is 10.0 Å². The van der Waals surface area contributed by atoms with Gasteiger partial charge >= 0.3 is 6.18 Å². The minimum atomic E-state index is -4.63. The van der Waals surface area contributed by atoms with Crippen molar-refractivity contribution >= 4 is 20.9 Å². The van der Waals surface area contributed by atoms with E-state index >= 15 is 4.39 Å². The Morgan fingerprint density at radius 2 is 1.76 bits per heavy atom. The largest absolute Gasteiger partial charge is 0.417 e. The summed E-state index contributed by atoms with van der Waals surface area (Å²) in [6, 6.07) is 6.95. The van der Waals surface area contributed by atoms with E-state index in [1.54, 1.807) is 13.1 Å². The lowest BCUT2D eigenvalue weighted by Gasteiger charge is -2.15. The van der Waals surface area contributed by atoms with E-state index in [0.29, 0.717) is 35.9 Å². The molecule has 1 aliphatic carbocycles. The van der Waals surface area contributed by atoms with Gasteiger partial charge in [-0.15, -0.1) is 0 Å². The molecule has 33 heavy (non-hydrogen) atoms. The first-order valence-corrected chi connectivity index (χ1v) is 12.4. The number of nitrogens with zero attached hydrogens (tertiary/aromatic N) is 1. The molecule has 1 aliphatic rings. The highest BCUT2D eigenvalue weighted by Gasteiger charge is 2.37. The highest BCUT2D eigenvalue weighted by Crippen LogP contribution is 2.40. The first-order chi connectivity index (χ1) is 15.4. The van der Waals surface area contributed by atoms with Gasteiger partial charge in [0.05, 0.1) is 10.8 Å². The normalized spacial score (nSPS) is 16.0. The van der Waals surface area contributed by atoms with E-state index in [9.17, 15) is 21.6 Å². The van der Waals surface area contributed by atoms with Crippen LogP contribution in [0.1, 0.15) is 50.8 Å². The van der Waals surface area contributed by atoms with Crippen molar-refractivity contribution in [3.8, 4) is 11.1 Å². The van der Waals surface area contributed by atoms with E-state index in [2.05, 4.69) is 4.72 Å². The number of aromatic nitrogens is 1. The summed E-state index contributed by atoms with van der Waals surface area (Å²) in [5.41, 5.74) is -0.132. The molecular weight excluding hydrogens is 456 g/mol. The van der Waals surface area contributed by atoms with Gasteiger partial charge in [0.1, 0.15) is 5.82 Å². The molecule has 0 aliphatic heterocycles. The SMILES string of the molecule is CC(C)Cn1cc([C@@H](C)NS(=O)(=O)C2CC2)c2cc(F)c(-c3ccccc3C(F)(F)F)cc21. The molecule has 0 amide bonds. The molecule has 0 radical (unpaired) electrons. The Hall–Kier alpha value is -2.39. The molecule has 0 spiro atoms. The van der Waals surface area contributed by atoms with Crippen molar-refractivity contribution in [1.82, 2.24) is 9.29 Å². The van der Waals surface area contributed by atoms with E-state index in [1.807, 2.05) is 18.4 Å². The van der Waals surface area contributed by atoms with Crippen LogP contribution >= 0.6 is 0 Å². The van der Waals surface area contributed by atoms with Crippen LogP contribution < -0.4 is 4.72 Å². The Bertz CT molecular complexity index is 1290. The monoisotopic (exact) mass is 482 g/mol. The van der Waals surface area contributed by atoms with Crippen LogP contribution in [0.4, 0.5) is 17.6 Å². The molecule has 0 saturated heterocycles. The second-order valence-corrected chi connectivity index (χ2v) is 11.1. The fourth-order valence-corrected chi connectivity index (χ4v) is 5.75. The second kappa shape index (κ2) is 8.43. The van der Waals surface area contributed by atoms with Crippen molar-refractivity contribution in [2.75, 3.05) is 0 Å². The first kappa shape index (κ1) is 23.8. The topological polar surface area (TPSA) is 51.1 Å². The van der Waals surface area contributed by atoms with Gasteiger partial charge in [0, 0.05) is 35.2 Å². The number of hydrogen-bond acceptors (Lipinski definition) is 2. The van der Waals surface area contributed by atoms with Crippen molar-refractivity contribution in [1.29, 1.82) is 0 Å². The lowest BCUT2D eigenvalue weighted by molar-refractivity contribution is -0.137. The smallest absolute Gasteiger partial charge is 0.347 e. The summed E-state index contributed by atoms with van der Waals surface area (Å²) in [7, 11) is -3.48. The van der Waals surface area contributed by atoms with Crippen molar-refractivity contribution in [2.45, 2.75) is 57.6 Å². The molecule has 1 heterocycles. The minimum absolute atomic E-state index is 0.142. The van der Waals surface area contributed by atoms with Gasteiger partial charge in [-0.3, -0.25) is 0 Å². The van der Waals surface area contributed by atoms with E-state index in [-0.39, 0.29) is 17.0 Å². The number of benzene rings is 2. The Morgan fingerprint density at radius 1 is 1.09 bits per heavy atom. The zero-order valence-electron chi connectivity index (χ0n) is 18.6. The number of fused-ring (bicyclic) bond motifs is 1. The second-order valence-electron chi connectivity index (χ2n) is 9.11. The minimum Gasteiger partial charge on any atom is -0.347 e. The van der Waals surface area contributed by atoms with Crippen LogP contribution in [-0.4, -0.2) is 18.2 Å². The highest BCUT2D eigenvalue weighted by atomic mass is 32.2. The number of alkyl halides is 3. The van der Waals surface area contributed by atoms with Gasteiger partial charge in [-0.25, -0.2) is 17.5 Å². The van der Waals surface area contributed by atoms with Crippen LogP contribution in [0.25, 0.3) is 22.0 Å².